The maximum absolute atomic E-state index is 13.0. The molecule has 4 heterocycles. The van der Waals surface area contributed by atoms with Gasteiger partial charge in [0.25, 0.3) is 5.91 Å². The molecule has 1 saturated carbocycles. The first-order valence-electron chi connectivity index (χ1n) is 10.3. The van der Waals surface area contributed by atoms with Crippen molar-refractivity contribution in [2.24, 2.45) is 0 Å². The number of hydrogen-bond donors (Lipinski definition) is 2. The molecule has 8 nitrogen and oxygen atoms in total. The third-order valence-corrected chi connectivity index (χ3v) is 5.73. The van der Waals surface area contributed by atoms with Gasteiger partial charge in [-0.2, -0.15) is 18.3 Å². The van der Waals surface area contributed by atoms with Gasteiger partial charge in [-0.15, -0.1) is 0 Å². The van der Waals surface area contributed by atoms with Crippen LogP contribution in [0.15, 0.2) is 49.1 Å². The first kappa shape index (κ1) is 20.3. The highest BCUT2D eigenvalue weighted by molar-refractivity contribution is 5.94. The molecule has 2 N–H and O–H groups in total. The summed E-state index contributed by atoms with van der Waals surface area (Å²) >= 11 is 0. The standard InChI is InChI=1S/C21H20F3N7O/c22-21(23,24)16-11-30-18(2-1-3-19(30)29-16)27-14-5-7-15(8-6-14)28-20(32)13-4-9-17-25-12-26-31(17)10-13/h1-4,9-12,14-15,27H,5-8H2,(H,28,32)/t14-,15+. The minimum absolute atomic E-state index is 0.0351. The maximum Gasteiger partial charge on any atom is 0.434 e. The van der Waals surface area contributed by atoms with Gasteiger partial charge in [0.1, 0.15) is 17.8 Å². The molecule has 4 aromatic heterocycles. The van der Waals surface area contributed by atoms with Gasteiger partial charge in [0.05, 0.1) is 5.56 Å². The predicted molar refractivity (Wildman–Crippen MR) is 110 cm³/mol. The Morgan fingerprint density at radius 2 is 1.78 bits per heavy atom. The number of carbonyl (C=O) groups is 1. The minimum Gasteiger partial charge on any atom is -0.368 e. The van der Waals surface area contributed by atoms with Gasteiger partial charge in [-0.25, -0.2) is 14.5 Å². The molecule has 1 aliphatic carbocycles. The quantitative estimate of drug-likeness (QED) is 0.504. The molecule has 0 radical (unpaired) electrons. The summed E-state index contributed by atoms with van der Waals surface area (Å²) in [5.74, 6) is 0.404. The second kappa shape index (κ2) is 7.81. The van der Waals surface area contributed by atoms with Crippen molar-refractivity contribution in [3.63, 3.8) is 0 Å². The van der Waals surface area contributed by atoms with E-state index in [4.69, 9.17) is 0 Å². The van der Waals surface area contributed by atoms with Gasteiger partial charge >= 0.3 is 6.18 Å². The van der Waals surface area contributed by atoms with Crippen molar-refractivity contribution in [1.29, 1.82) is 0 Å². The molecule has 1 aliphatic rings. The fourth-order valence-corrected chi connectivity index (χ4v) is 4.08. The van der Waals surface area contributed by atoms with Crippen molar-refractivity contribution >= 4 is 23.0 Å². The number of amides is 1. The Hall–Kier alpha value is -3.63. The lowest BCUT2D eigenvalue weighted by Gasteiger charge is -2.30. The highest BCUT2D eigenvalue weighted by Gasteiger charge is 2.34. The molecular weight excluding hydrogens is 423 g/mol. The summed E-state index contributed by atoms with van der Waals surface area (Å²) in [6.07, 6.45) is 2.69. The smallest absolute Gasteiger partial charge is 0.368 e. The van der Waals surface area contributed by atoms with E-state index in [1.165, 1.54) is 10.7 Å². The number of hydrogen-bond acceptors (Lipinski definition) is 5. The first-order valence-corrected chi connectivity index (χ1v) is 10.3. The van der Waals surface area contributed by atoms with Crippen molar-refractivity contribution < 1.29 is 18.0 Å². The van der Waals surface area contributed by atoms with E-state index < -0.39 is 11.9 Å². The second-order valence-electron chi connectivity index (χ2n) is 7.91. The number of alkyl halides is 3. The van der Waals surface area contributed by atoms with Gasteiger partial charge in [-0.05, 0) is 49.9 Å². The third-order valence-electron chi connectivity index (χ3n) is 5.73. The van der Waals surface area contributed by atoms with Crippen molar-refractivity contribution in [2.75, 3.05) is 5.32 Å². The Labute approximate surface area is 180 Å². The first-order chi connectivity index (χ1) is 15.4. The maximum atomic E-state index is 13.0. The molecule has 11 heteroatoms. The predicted octanol–water partition coefficient (Wildman–Crippen LogP) is 3.55. The van der Waals surface area contributed by atoms with Crippen LogP contribution in [0.3, 0.4) is 0 Å². The van der Waals surface area contributed by atoms with Crippen LogP contribution in [-0.2, 0) is 6.18 Å². The van der Waals surface area contributed by atoms with Gasteiger partial charge in [0.2, 0.25) is 0 Å². The van der Waals surface area contributed by atoms with Crippen LogP contribution in [0.5, 0.6) is 0 Å². The molecule has 1 fully saturated rings. The molecule has 0 aliphatic heterocycles. The summed E-state index contributed by atoms with van der Waals surface area (Å²) < 4.78 is 42.0. The van der Waals surface area contributed by atoms with E-state index in [1.807, 2.05) is 0 Å². The Morgan fingerprint density at radius 3 is 2.56 bits per heavy atom. The summed E-state index contributed by atoms with van der Waals surface area (Å²) in [7, 11) is 0. The van der Waals surface area contributed by atoms with Crippen LogP contribution in [0, 0.1) is 0 Å². The highest BCUT2D eigenvalue weighted by atomic mass is 19.4. The van der Waals surface area contributed by atoms with E-state index in [-0.39, 0.29) is 23.6 Å². The summed E-state index contributed by atoms with van der Waals surface area (Å²) in [5.41, 5.74) is 0.508. The second-order valence-corrected chi connectivity index (χ2v) is 7.91. The van der Waals surface area contributed by atoms with Gasteiger partial charge in [-0.1, -0.05) is 6.07 Å². The van der Waals surface area contributed by atoms with E-state index in [0.29, 0.717) is 17.0 Å². The fraction of sp³-hybridized carbons (Fsp3) is 0.333. The van der Waals surface area contributed by atoms with E-state index in [1.54, 1.807) is 41.0 Å². The molecule has 0 spiro atoms. The number of fused-ring (bicyclic) bond motifs is 2. The van der Waals surface area contributed by atoms with Gasteiger partial charge < -0.3 is 10.6 Å². The molecule has 5 rings (SSSR count). The normalized spacial score (nSPS) is 19.3. The summed E-state index contributed by atoms with van der Waals surface area (Å²) in [6.45, 7) is 0. The molecule has 0 unspecified atom stereocenters. The van der Waals surface area contributed by atoms with Crippen LogP contribution in [0.4, 0.5) is 19.0 Å². The molecule has 166 valence electrons. The van der Waals surface area contributed by atoms with Gasteiger partial charge in [0.15, 0.2) is 11.3 Å². The van der Waals surface area contributed by atoms with Crippen LogP contribution >= 0.6 is 0 Å². The van der Waals surface area contributed by atoms with E-state index >= 15 is 0 Å². The zero-order valence-electron chi connectivity index (χ0n) is 16.9. The van der Waals surface area contributed by atoms with Crippen LogP contribution in [0.1, 0.15) is 41.7 Å². The molecular formula is C21H20F3N7O. The lowest BCUT2D eigenvalue weighted by molar-refractivity contribution is -0.140. The molecule has 0 saturated heterocycles. The average molecular weight is 443 g/mol. The van der Waals surface area contributed by atoms with Crippen molar-refractivity contribution in [2.45, 2.75) is 43.9 Å². The monoisotopic (exact) mass is 443 g/mol. The van der Waals surface area contributed by atoms with Crippen LogP contribution in [0.2, 0.25) is 0 Å². The number of rotatable bonds is 4. The lowest BCUT2D eigenvalue weighted by Crippen LogP contribution is -2.40. The van der Waals surface area contributed by atoms with Crippen LogP contribution in [0.25, 0.3) is 11.3 Å². The number of nitrogens with one attached hydrogen (secondary N) is 2. The lowest BCUT2D eigenvalue weighted by atomic mass is 9.91. The van der Waals surface area contributed by atoms with Crippen LogP contribution < -0.4 is 10.6 Å². The fourth-order valence-electron chi connectivity index (χ4n) is 4.08. The summed E-state index contributed by atoms with van der Waals surface area (Å²) in [4.78, 5) is 20.3. The Morgan fingerprint density at radius 1 is 1.00 bits per heavy atom. The molecule has 1 amide bonds. The number of imidazole rings is 1. The zero-order chi connectivity index (χ0) is 22.3. The van der Waals surface area contributed by atoms with Crippen LogP contribution in [-0.4, -0.2) is 42.0 Å². The number of pyridine rings is 2. The van der Waals surface area contributed by atoms with Crippen molar-refractivity contribution in [3.8, 4) is 0 Å². The zero-order valence-corrected chi connectivity index (χ0v) is 16.9. The Kier molecular flexibility index (Phi) is 4.95. The van der Waals surface area contributed by atoms with E-state index in [9.17, 15) is 18.0 Å². The molecule has 32 heavy (non-hydrogen) atoms. The molecule has 0 aromatic carbocycles. The number of carbonyl (C=O) groups excluding carboxylic acids is 1. The average Bonchev–Trinajstić information content (AvgIpc) is 3.42. The van der Waals surface area contributed by atoms with E-state index in [0.717, 1.165) is 31.9 Å². The third kappa shape index (κ3) is 3.97. The number of halogens is 3. The number of aromatic nitrogens is 5. The molecule has 0 atom stereocenters. The number of anilines is 1. The highest BCUT2D eigenvalue weighted by Crippen LogP contribution is 2.30. The topological polar surface area (TPSA) is 88.6 Å². The summed E-state index contributed by atoms with van der Waals surface area (Å²) in [5, 5.41) is 10.4. The SMILES string of the molecule is O=C(N[C@H]1CC[C@@H](Nc2cccc3nc(C(F)(F)F)cn23)CC1)c1ccc2ncnn2c1. The van der Waals surface area contributed by atoms with Crippen molar-refractivity contribution in [1.82, 2.24) is 29.3 Å². The largest absolute Gasteiger partial charge is 0.434 e. The Bertz CT molecular complexity index is 1270. The van der Waals surface area contributed by atoms with Crippen molar-refractivity contribution in [3.05, 3.63) is 60.3 Å². The van der Waals surface area contributed by atoms with E-state index in [2.05, 4.69) is 25.7 Å². The summed E-state index contributed by atoms with van der Waals surface area (Å²) in [6, 6.07) is 8.55. The minimum atomic E-state index is -4.49. The number of nitrogens with zero attached hydrogens (tertiary/aromatic N) is 5. The Balaban J connectivity index is 1.20. The van der Waals surface area contributed by atoms with Gasteiger partial charge in [0, 0.05) is 24.5 Å². The van der Waals surface area contributed by atoms with Gasteiger partial charge in [-0.3, -0.25) is 9.20 Å². The molecule has 0 bridgehead atoms. The molecule has 4 aromatic rings.